The lowest BCUT2D eigenvalue weighted by molar-refractivity contribution is -0.136. The van der Waals surface area contributed by atoms with E-state index < -0.39 is 50.6 Å². The molecule has 1 atom stereocenters. The van der Waals surface area contributed by atoms with Crippen molar-refractivity contribution in [3.05, 3.63) is 50.8 Å². The lowest BCUT2D eigenvalue weighted by atomic mass is 9.94. The van der Waals surface area contributed by atoms with Crippen molar-refractivity contribution in [2.45, 2.75) is 37.7 Å². The van der Waals surface area contributed by atoms with Crippen LogP contribution in [0.3, 0.4) is 0 Å². The number of aromatic nitrogens is 2. The number of ketones is 1. The van der Waals surface area contributed by atoms with Crippen LogP contribution >= 0.6 is 23.2 Å². The first-order valence-corrected chi connectivity index (χ1v) is 10.7. The number of halogens is 5. The largest absolute Gasteiger partial charge is 0.610 e. The Morgan fingerprint density at radius 3 is 2.43 bits per heavy atom. The van der Waals surface area contributed by atoms with Gasteiger partial charge in [0.1, 0.15) is 17.0 Å². The Morgan fingerprint density at radius 2 is 1.90 bits per heavy atom. The van der Waals surface area contributed by atoms with Gasteiger partial charge in [0.05, 0.1) is 21.1 Å². The van der Waals surface area contributed by atoms with Crippen molar-refractivity contribution in [2.75, 3.05) is 0 Å². The van der Waals surface area contributed by atoms with Crippen LogP contribution in [0.15, 0.2) is 27.7 Å². The van der Waals surface area contributed by atoms with E-state index in [4.69, 9.17) is 27.7 Å². The summed E-state index contributed by atoms with van der Waals surface area (Å²) in [6.45, 7) is 4.50. The molecular formula is C19H15Cl2F3N2O3S. The quantitative estimate of drug-likeness (QED) is 0.331. The fraction of sp³-hybridized carbons (Fsp3) is 0.316. The van der Waals surface area contributed by atoms with Crippen molar-refractivity contribution in [2.24, 2.45) is 5.92 Å². The van der Waals surface area contributed by atoms with Crippen LogP contribution in [0.5, 0.6) is 0 Å². The van der Waals surface area contributed by atoms with Crippen LogP contribution in [-0.4, -0.2) is 20.5 Å². The van der Waals surface area contributed by atoms with Gasteiger partial charge in [0.25, 0.3) is 5.03 Å². The normalized spacial score (nSPS) is 13.3. The van der Waals surface area contributed by atoms with Gasteiger partial charge in [-0.2, -0.15) is 18.2 Å². The van der Waals surface area contributed by atoms with Gasteiger partial charge in [-0.3, -0.25) is 4.79 Å². The van der Waals surface area contributed by atoms with E-state index in [9.17, 15) is 22.5 Å². The van der Waals surface area contributed by atoms with Gasteiger partial charge < -0.3 is 9.08 Å². The summed E-state index contributed by atoms with van der Waals surface area (Å²) in [6, 6.07) is 3.98. The average molecular weight is 479 g/mol. The molecule has 0 radical (unpaired) electrons. The third kappa shape index (κ3) is 4.30. The van der Waals surface area contributed by atoms with Crippen LogP contribution < -0.4 is 0 Å². The Kier molecular flexibility index (Phi) is 6.38. The first kappa shape index (κ1) is 22.9. The molecule has 0 amide bonds. The Morgan fingerprint density at radius 1 is 1.27 bits per heavy atom. The molecule has 3 rings (SSSR count). The van der Waals surface area contributed by atoms with Crippen molar-refractivity contribution < 1.29 is 27.0 Å². The maximum atomic E-state index is 14.2. The Hall–Kier alpha value is -1.81. The Labute approximate surface area is 182 Å². The van der Waals surface area contributed by atoms with Crippen molar-refractivity contribution >= 4 is 51.1 Å². The standard InChI is InChI=1S/C19H15Cl2F3N2O3S/c1-8(2)17(27)14-15(19(22,23)24)13-11(20)4-5-12(21)16(13)25-18(14)30(28)7-10-6-9(3)29-26-10/h4-6,8H,7H2,1-3H3. The van der Waals surface area contributed by atoms with Crippen molar-refractivity contribution in [1.82, 2.24) is 10.1 Å². The zero-order valence-corrected chi connectivity index (χ0v) is 18.3. The molecule has 0 N–H and O–H groups in total. The predicted molar refractivity (Wildman–Crippen MR) is 107 cm³/mol. The van der Waals surface area contributed by atoms with Gasteiger partial charge in [-0.05, 0) is 19.1 Å². The second-order valence-electron chi connectivity index (χ2n) is 6.86. The Bertz CT molecular complexity index is 1130. The van der Waals surface area contributed by atoms with Crippen LogP contribution in [0, 0.1) is 12.8 Å². The molecule has 11 heteroatoms. The highest BCUT2D eigenvalue weighted by Crippen LogP contribution is 2.44. The first-order valence-electron chi connectivity index (χ1n) is 8.65. The predicted octanol–water partition coefficient (Wildman–Crippen LogP) is 6.00. The summed E-state index contributed by atoms with van der Waals surface area (Å²) in [5.41, 5.74) is -2.09. The fourth-order valence-corrected chi connectivity index (χ4v) is 4.54. The molecule has 0 saturated carbocycles. The van der Waals surface area contributed by atoms with E-state index in [0.29, 0.717) is 5.76 Å². The van der Waals surface area contributed by atoms with Crippen LogP contribution in [0.25, 0.3) is 10.9 Å². The summed E-state index contributed by atoms with van der Waals surface area (Å²) in [5.74, 6) is -1.51. The molecule has 2 aromatic heterocycles. The van der Waals surface area contributed by atoms with E-state index in [2.05, 4.69) is 10.1 Å². The maximum Gasteiger partial charge on any atom is 0.418 e. The molecule has 0 saturated heterocycles. The van der Waals surface area contributed by atoms with Crippen LogP contribution in [0.4, 0.5) is 13.2 Å². The molecule has 5 nitrogen and oxygen atoms in total. The number of pyridine rings is 1. The van der Waals surface area contributed by atoms with Gasteiger partial charge in [-0.1, -0.05) is 42.2 Å². The number of hydrogen-bond donors (Lipinski definition) is 0. The number of aryl methyl sites for hydroxylation is 1. The second-order valence-corrected chi connectivity index (χ2v) is 9.04. The summed E-state index contributed by atoms with van der Waals surface area (Å²) < 4.78 is 60.5. The smallest absolute Gasteiger partial charge is 0.418 e. The average Bonchev–Trinajstić information content (AvgIpc) is 3.06. The third-order valence-corrected chi connectivity index (χ3v) is 6.14. The second kappa shape index (κ2) is 8.37. The van der Waals surface area contributed by atoms with E-state index in [0.717, 1.165) is 0 Å². The van der Waals surface area contributed by atoms with Crippen molar-refractivity contribution in [3.63, 3.8) is 0 Å². The molecule has 0 aliphatic heterocycles. The lowest BCUT2D eigenvalue weighted by Crippen LogP contribution is -2.23. The first-order chi connectivity index (χ1) is 13.9. The van der Waals surface area contributed by atoms with Crippen molar-refractivity contribution in [1.29, 1.82) is 0 Å². The fourth-order valence-electron chi connectivity index (χ4n) is 2.93. The molecular weight excluding hydrogens is 464 g/mol. The van der Waals surface area contributed by atoms with E-state index in [-0.39, 0.29) is 27.0 Å². The summed E-state index contributed by atoms with van der Waals surface area (Å²) >= 11 is 10.00. The summed E-state index contributed by atoms with van der Waals surface area (Å²) in [5, 5.41) is 2.31. The Balaban J connectivity index is 2.38. The van der Waals surface area contributed by atoms with Gasteiger partial charge >= 0.3 is 6.18 Å². The third-order valence-electron chi connectivity index (χ3n) is 4.23. The van der Waals surface area contributed by atoms with E-state index in [1.165, 1.54) is 32.0 Å². The number of fused-ring (bicyclic) bond motifs is 1. The van der Waals surface area contributed by atoms with E-state index in [1.54, 1.807) is 6.92 Å². The van der Waals surface area contributed by atoms with Crippen molar-refractivity contribution in [3.8, 4) is 0 Å². The van der Waals surface area contributed by atoms with Gasteiger partial charge in [0.2, 0.25) is 0 Å². The minimum Gasteiger partial charge on any atom is -0.610 e. The summed E-state index contributed by atoms with van der Waals surface area (Å²) in [6.07, 6.45) is -4.97. The molecule has 1 aromatic carbocycles. The molecule has 0 aliphatic rings. The lowest BCUT2D eigenvalue weighted by Gasteiger charge is -2.20. The highest BCUT2D eigenvalue weighted by Gasteiger charge is 2.43. The molecule has 160 valence electrons. The van der Waals surface area contributed by atoms with Crippen LogP contribution in [-0.2, 0) is 23.1 Å². The number of rotatable bonds is 5. The minimum atomic E-state index is -4.97. The number of carbonyl (C=O) groups is 1. The minimum absolute atomic E-state index is 0.112. The van der Waals surface area contributed by atoms with Gasteiger partial charge in [-0.15, -0.1) is 0 Å². The van der Waals surface area contributed by atoms with E-state index >= 15 is 0 Å². The number of carbonyl (C=O) groups excluding carboxylic acids is 1. The molecule has 3 aromatic rings. The molecule has 0 fully saturated rings. The number of alkyl halides is 3. The zero-order chi connectivity index (χ0) is 22.4. The number of nitrogens with zero attached hydrogens (tertiary/aromatic N) is 2. The van der Waals surface area contributed by atoms with Gasteiger partial charge in [-0.25, -0.2) is 0 Å². The monoisotopic (exact) mass is 478 g/mol. The molecule has 0 aliphatic carbocycles. The highest BCUT2D eigenvalue weighted by molar-refractivity contribution is 7.90. The number of hydrogen-bond acceptors (Lipinski definition) is 5. The number of Topliss-reactive ketones (excluding diaryl/α,β-unsaturated/α-hetero) is 1. The number of benzene rings is 1. The maximum absolute atomic E-state index is 14.2. The molecule has 0 spiro atoms. The summed E-state index contributed by atoms with van der Waals surface area (Å²) in [7, 11) is 0. The van der Waals surface area contributed by atoms with Gasteiger partial charge in [0, 0.05) is 28.5 Å². The molecule has 0 bridgehead atoms. The van der Waals surface area contributed by atoms with Crippen LogP contribution in [0.2, 0.25) is 10.0 Å². The zero-order valence-electron chi connectivity index (χ0n) is 15.9. The SMILES string of the molecule is Cc1cc(C[S+]([O-])c2nc3c(Cl)ccc(Cl)c3c(C(F)(F)F)c2C(=O)C(C)C)no1. The topological polar surface area (TPSA) is 79.0 Å². The molecule has 2 heterocycles. The molecule has 30 heavy (non-hydrogen) atoms. The molecule has 1 unspecified atom stereocenters. The summed E-state index contributed by atoms with van der Waals surface area (Å²) in [4.78, 5) is 17.0. The van der Waals surface area contributed by atoms with E-state index in [1.807, 2.05) is 0 Å². The van der Waals surface area contributed by atoms with Crippen LogP contribution in [0.1, 0.15) is 41.2 Å². The highest BCUT2D eigenvalue weighted by atomic mass is 35.5. The van der Waals surface area contributed by atoms with Gasteiger partial charge in [0.15, 0.2) is 11.5 Å².